The molecule has 144 valence electrons. The Kier molecular flexibility index (Phi) is 5.41. The van der Waals surface area contributed by atoms with E-state index in [-0.39, 0.29) is 0 Å². The molecule has 8 heteroatoms. The minimum Gasteiger partial charge on any atom is -0.490 e. The van der Waals surface area contributed by atoms with Crippen molar-refractivity contribution in [3.8, 4) is 5.75 Å². The molecule has 0 unspecified atom stereocenters. The van der Waals surface area contributed by atoms with Crippen molar-refractivity contribution in [2.24, 2.45) is 0 Å². The second-order valence-corrected chi connectivity index (χ2v) is 8.08. The first-order chi connectivity index (χ1) is 13.6. The summed E-state index contributed by atoms with van der Waals surface area (Å²) in [6.07, 6.45) is 3.64. The number of hydrogen-bond donors (Lipinski definition) is 0. The quantitative estimate of drug-likeness (QED) is 0.427. The summed E-state index contributed by atoms with van der Waals surface area (Å²) in [5, 5.41) is 1.00. The Balaban J connectivity index is 1.79. The average Bonchev–Trinajstić information content (AvgIpc) is 2.93. The van der Waals surface area contributed by atoms with Crippen molar-refractivity contribution in [3.05, 3.63) is 52.3 Å². The van der Waals surface area contributed by atoms with Crippen LogP contribution in [0.25, 0.3) is 10.9 Å². The number of esters is 1. The number of rotatable bonds is 3. The Morgan fingerprint density at radius 1 is 1.29 bits per heavy atom. The van der Waals surface area contributed by atoms with Crippen molar-refractivity contribution in [2.75, 3.05) is 31.4 Å². The lowest BCUT2D eigenvalue weighted by molar-refractivity contribution is 0.0596. The molecule has 1 aliphatic rings. The van der Waals surface area contributed by atoms with Gasteiger partial charge in [-0.25, -0.2) is 14.8 Å². The lowest BCUT2D eigenvalue weighted by atomic mass is 10.1. The molecule has 0 bridgehead atoms. The maximum atomic E-state index is 12.2. The Labute approximate surface area is 175 Å². The standard InChI is InChI=1S/C20H18BrN3O3S/c1-26-20(25)16-8-13(21)7-12-10-24(5-6-27-18(12)16)19-15-9-14(28-2)3-4-17(15)22-11-23-19/h3-4,7-9,11H,5-6,10H2,1-2H3. The molecule has 0 saturated carbocycles. The molecule has 0 saturated heterocycles. The molecule has 1 aliphatic heterocycles. The fraction of sp³-hybridized carbons (Fsp3) is 0.250. The predicted octanol–water partition coefficient (Wildman–Crippen LogP) is 4.30. The summed E-state index contributed by atoms with van der Waals surface area (Å²) >= 11 is 5.17. The number of carbonyl (C=O) groups excluding carboxylic acids is 1. The fourth-order valence-corrected chi connectivity index (χ4v) is 4.27. The summed E-state index contributed by atoms with van der Waals surface area (Å²) in [5.74, 6) is 1.01. The molecule has 3 aromatic rings. The third-order valence-corrected chi connectivity index (χ3v) is 5.81. The van der Waals surface area contributed by atoms with Gasteiger partial charge in [0.05, 0.1) is 19.2 Å². The molecule has 6 nitrogen and oxygen atoms in total. The van der Waals surface area contributed by atoms with Crippen LogP contribution in [0.4, 0.5) is 5.82 Å². The number of ether oxygens (including phenoxy) is 2. The number of fused-ring (bicyclic) bond motifs is 2. The average molecular weight is 460 g/mol. The number of thioether (sulfide) groups is 1. The van der Waals surface area contributed by atoms with E-state index in [2.05, 4.69) is 42.9 Å². The number of hydrogen-bond acceptors (Lipinski definition) is 7. The zero-order valence-corrected chi connectivity index (χ0v) is 17.8. The van der Waals surface area contributed by atoms with Crippen LogP contribution in [0, 0.1) is 0 Å². The number of nitrogens with zero attached hydrogens (tertiary/aromatic N) is 3. The summed E-state index contributed by atoms with van der Waals surface area (Å²) in [7, 11) is 1.37. The molecule has 1 aromatic heterocycles. The lowest BCUT2D eigenvalue weighted by Crippen LogP contribution is -2.26. The molecule has 2 heterocycles. The molecule has 0 atom stereocenters. The molecule has 0 fully saturated rings. The maximum Gasteiger partial charge on any atom is 0.341 e. The van der Waals surface area contributed by atoms with Gasteiger partial charge in [-0.2, -0.15) is 0 Å². The highest BCUT2D eigenvalue weighted by Crippen LogP contribution is 2.35. The normalized spacial score (nSPS) is 13.6. The molecular weight excluding hydrogens is 442 g/mol. The third kappa shape index (κ3) is 3.54. The van der Waals surface area contributed by atoms with Gasteiger partial charge in [0.15, 0.2) is 0 Å². The van der Waals surface area contributed by atoms with Gasteiger partial charge in [0.1, 0.15) is 30.1 Å². The molecule has 28 heavy (non-hydrogen) atoms. The smallest absolute Gasteiger partial charge is 0.341 e. The van der Waals surface area contributed by atoms with Crippen molar-refractivity contribution < 1.29 is 14.3 Å². The first kappa shape index (κ1) is 19.0. The van der Waals surface area contributed by atoms with Crippen molar-refractivity contribution in [1.82, 2.24) is 9.97 Å². The highest BCUT2D eigenvalue weighted by molar-refractivity contribution is 9.10. The van der Waals surface area contributed by atoms with E-state index in [0.29, 0.717) is 31.0 Å². The Morgan fingerprint density at radius 2 is 2.14 bits per heavy atom. The maximum absolute atomic E-state index is 12.2. The molecule has 0 spiro atoms. The van der Waals surface area contributed by atoms with Gasteiger partial charge in [-0.1, -0.05) is 15.9 Å². The second-order valence-electron chi connectivity index (χ2n) is 6.28. The van der Waals surface area contributed by atoms with Gasteiger partial charge in [0, 0.05) is 26.9 Å². The number of methoxy groups -OCH3 is 1. The molecule has 0 radical (unpaired) electrons. The topological polar surface area (TPSA) is 64.6 Å². The van der Waals surface area contributed by atoms with Crippen LogP contribution in [-0.2, 0) is 11.3 Å². The summed E-state index contributed by atoms with van der Waals surface area (Å²) in [5.41, 5.74) is 2.23. The van der Waals surface area contributed by atoms with E-state index < -0.39 is 5.97 Å². The molecular formula is C20H18BrN3O3S. The zero-order chi connectivity index (χ0) is 19.7. The van der Waals surface area contributed by atoms with Crippen LogP contribution in [0.3, 0.4) is 0 Å². The van der Waals surface area contributed by atoms with Gasteiger partial charge >= 0.3 is 5.97 Å². The highest BCUT2D eigenvalue weighted by Gasteiger charge is 2.24. The van der Waals surface area contributed by atoms with Crippen LogP contribution >= 0.6 is 27.7 Å². The summed E-state index contributed by atoms with van der Waals surface area (Å²) in [6.45, 7) is 1.64. The second kappa shape index (κ2) is 7.97. The predicted molar refractivity (Wildman–Crippen MR) is 113 cm³/mol. The Hall–Kier alpha value is -2.32. The minimum absolute atomic E-state index is 0.414. The van der Waals surface area contributed by atoms with Crippen LogP contribution in [0.2, 0.25) is 0 Å². The van der Waals surface area contributed by atoms with Crippen molar-refractivity contribution in [2.45, 2.75) is 11.4 Å². The van der Waals surface area contributed by atoms with Gasteiger partial charge < -0.3 is 14.4 Å². The van der Waals surface area contributed by atoms with Gasteiger partial charge in [0.2, 0.25) is 0 Å². The van der Waals surface area contributed by atoms with Crippen molar-refractivity contribution in [3.63, 3.8) is 0 Å². The SMILES string of the molecule is COC(=O)c1cc(Br)cc2c1OCCN(c1ncnc3ccc(SC)cc13)C2. The monoisotopic (exact) mass is 459 g/mol. The number of halogens is 1. The molecule has 0 N–H and O–H groups in total. The van der Waals surface area contributed by atoms with Gasteiger partial charge in [-0.3, -0.25) is 0 Å². The van der Waals surface area contributed by atoms with Crippen LogP contribution in [0.15, 0.2) is 46.0 Å². The van der Waals surface area contributed by atoms with Gasteiger partial charge in [0.25, 0.3) is 0 Å². The van der Waals surface area contributed by atoms with Crippen LogP contribution < -0.4 is 9.64 Å². The third-order valence-electron chi connectivity index (χ3n) is 4.63. The number of aromatic nitrogens is 2. The lowest BCUT2D eigenvalue weighted by Gasteiger charge is -2.22. The first-order valence-electron chi connectivity index (χ1n) is 8.68. The highest BCUT2D eigenvalue weighted by atomic mass is 79.9. The van der Waals surface area contributed by atoms with E-state index in [9.17, 15) is 4.79 Å². The van der Waals surface area contributed by atoms with E-state index in [1.54, 1.807) is 24.2 Å². The first-order valence-corrected chi connectivity index (χ1v) is 10.7. The van der Waals surface area contributed by atoms with Crippen LogP contribution in [-0.4, -0.2) is 42.5 Å². The van der Waals surface area contributed by atoms with E-state index in [1.807, 2.05) is 18.4 Å². The number of benzene rings is 2. The van der Waals surface area contributed by atoms with Crippen LogP contribution in [0.1, 0.15) is 15.9 Å². The number of anilines is 1. The van der Waals surface area contributed by atoms with E-state index in [4.69, 9.17) is 9.47 Å². The fourth-order valence-electron chi connectivity index (χ4n) is 3.32. The Morgan fingerprint density at radius 3 is 2.93 bits per heavy atom. The van der Waals surface area contributed by atoms with Gasteiger partial charge in [-0.05, 0) is 36.6 Å². The Bertz CT molecular complexity index is 1060. The summed E-state index contributed by atoms with van der Waals surface area (Å²) in [6, 6.07) is 9.88. The number of carbonyl (C=O) groups is 1. The van der Waals surface area contributed by atoms with E-state index in [0.717, 1.165) is 31.7 Å². The van der Waals surface area contributed by atoms with E-state index in [1.165, 1.54) is 7.11 Å². The summed E-state index contributed by atoms with van der Waals surface area (Å²) in [4.78, 5) is 24.5. The largest absolute Gasteiger partial charge is 0.490 e. The van der Waals surface area contributed by atoms with Crippen LogP contribution in [0.5, 0.6) is 5.75 Å². The summed E-state index contributed by atoms with van der Waals surface area (Å²) < 4.78 is 11.7. The van der Waals surface area contributed by atoms with Gasteiger partial charge in [-0.15, -0.1) is 11.8 Å². The molecule has 2 aromatic carbocycles. The molecule has 0 amide bonds. The zero-order valence-electron chi connectivity index (χ0n) is 15.4. The molecule has 4 rings (SSSR count). The van der Waals surface area contributed by atoms with Crippen molar-refractivity contribution >= 4 is 50.4 Å². The minimum atomic E-state index is -0.414. The van der Waals surface area contributed by atoms with Crippen molar-refractivity contribution in [1.29, 1.82) is 0 Å². The van der Waals surface area contributed by atoms with E-state index >= 15 is 0 Å². The molecule has 0 aliphatic carbocycles.